The zero-order chi connectivity index (χ0) is 13.1. The quantitative estimate of drug-likeness (QED) is 0.525. The minimum absolute atomic E-state index is 0.0680. The van der Waals surface area contributed by atoms with E-state index in [1.54, 1.807) is 6.92 Å². The molecule has 17 heavy (non-hydrogen) atoms. The summed E-state index contributed by atoms with van der Waals surface area (Å²) in [4.78, 5) is 11.9. The van der Waals surface area contributed by atoms with Gasteiger partial charge in [-0.15, -0.1) is 0 Å². The summed E-state index contributed by atoms with van der Waals surface area (Å²) in [6, 6.07) is 0. The van der Waals surface area contributed by atoms with Crippen LogP contribution in [0.4, 0.5) is 0 Å². The van der Waals surface area contributed by atoms with Gasteiger partial charge in [-0.25, -0.2) is 13.1 Å². The van der Waals surface area contributed by atoms with Crippen molar-refractivity contribution >= 4 is 33.1 Å². The van der Waals surface area contributed by atoms with Gasteiger partial charge >= 0.3 is 0 Å². The smallest absolute Gasteiger partial charge is 0.233 e. The fraction of sp³-hybridized carbons (Fsp3) is 0.778. The van der Waals surface area contributed by atoms with Gasteiger partial charge in [0.25, 0.3) is 0 Å². The topological polar surface area (TPSA) is 101 Å². The Morgan fingerprint density at radius 2 is 2.06 bits per heavy atom. The Balaban J connectivity index is 2.38. The fourth-order valence-corrected chi connectivity index (χ4v) is 2.72. The normalized spacial score (nSPS) is 17.5. The molecule has 0 aliphatic heterocycles. The van der Waals surface area contributed by atoms with Crippen LogP contribution in [-0.2, 0) is 14.8 Å². The van der Waals surface area contributed by atoms with E-state index in [1.165, 1.54) is 0 Å². The summed E-state index contributed by atoms with van der Waals surface area (Å²) in [5.41, 5.74) is 4.75. The first-order valence-corrected chi connectivity index (χ1v) is 7.45. The van der Waals surface area contributed by atoms with E-state index in [0.717, 1.165) is 0 Å². The first-order valence-electron chi connectivity index (χ1n) is 5.39. The van der Waals surface area contributed by atoms with E-state index in [-0.39, 0.29) is 23.2 Å². The number of carbonyl (C=O) groups excluding carboxylic acids is 1. The van der Waals surface area contributed by atoms with E-state index in [0.29, 0.717) is 19.4 Å². The number of nitrogens with two attached hydrogens (primary N) is 1. The number of sulfonamides is 1. The number of nitrogens with one attached hydrogen (secondary N) is 2. The number of carbonyl (C=O) groups is 1. The molecule has 0 unspecified atom stereocenters. The molecule has 0 aromatic rings. The summed E-state index contributed by atoms with van der Waals surface area (Å²) >= 11 is 4.82. The minimum Gasteiger partial charge on any atom is -0.392 e. The summed E-state index contributed by atoms with van der Waals surface area (Å²) in [7, 11) is -3.30. The monoisotopic (exact) mass is 279 g/mol. The highest BCUT2D eigenvalue weighted by molar-refractivity contribution is 7.89. The van der Waals surface area contributed by atoms with Gasteiger partial charge in [0.05, 0.1) is 16.2 Å². The second-order valence-electron chi connectivity index (χ2n) is 4.02. The van der Waals surface area contributed by atoms with Gasteiger partial charge in [0.15, 0.2) is 0 Å². The molecule has 1 saturated carbocycles. The van der Waals surface area contributed by atoms with Gasteiger partial charge in [0, 0.05) is 13.1 Å². The van der Waals surface area contributed by atoms with Crippen molar-refractivity contribution < 1.29 is 13.2 Å². The van der Waals surface area contributed by atoms with Crippen molar-refractivity contribution in [1.29, 1.82) is 0 Å². The van der Waals surface area contributed by atoms with Gasteiger partial charge in [0.2, 0.25) is 15.9 Å². The second kappa shape index (κ2) is 5.28. The number of hydrogen-bond acceptors (Lipinski definition) is 4. The average molecular weight is 279 g/mol. The van der Waals surface area contributed by atoms with Crippen molar-refractivity contribution in [2.75, 3.05) is 18.8 Å². The fourth-order valence-electron chi connectivity index (χ4n) is 1.47. The molecule has 0 heterocycles. The van der Waals surface area contributed by atoms with Crippen LogP contribution >= 0.6 is 12.2 Å². The Morgan fingerprint density at radius 1 is 1.47 bits per heavy atom. The van der Waals surface area contributed by atoms with E-state index in [4.69, 9.17) is 18.0 Å². The highest BCUT2D eigenvalue weighted by Gasteiger charge is 2.52. The third kappa shape index (κ3) is 3.62. The van der Waals surface area contributed by atoms with E-state index in [2.05, 4.69) is 10.0 Å². The number of rotatable bonds is 7. The summed E-state index contributed by atoms with van der Waals surface area (Å²) < 4.78 is 24.9. The summed E-state index contributed by atoms with van der Waals surface area (Å²) in [5, 5.41) is 2.56. The number of hydrogen-bond donors (Lipinski definition) is 3. The summed E-state index contributed by atoms with van der Waals surface area (Å²) in [6.45, 7) is 2.10. The molecule has 0 radical (unpaired) electrons. The van der Waals surface area contributed by atoms with Gasteiger partial charge in [0.1, 0.15) is 0 Å². The molecular weight excluding hydrogens is 262 g/mol. The maximum Gasteiger partial charge on any atom is 0.233 e. The Hall–Kier alpha value is -0.730. The zero-order valence-electron chi connectivity index (χ0n) is 9.65. The van der Waals surface area contributed by atoms with E-state index in [1.807, 2.05) is 0 Å². The maximum atomic E-state index is 11.7. The molecular formula is C9H17N3O3S2. The second-order valence-corrected chi connectivity index (χ2v) is 6.39. The first-order chi connectivity index (χ1) is 7.84. The van der Waals surface area contributed by atoms with Crippen LogP contribution in [0, 0.1) is 5.41 Å². The molecule has 4 N–H and O–H groups in total. The lowest BCUT2D eigenvalue weighted by atomic mass is 10.1. The molecule has 0 spiro atoms. The number of amides is 1. The molecule has 0 aromatic carbocycles. The van der Waals surface area contributed by atoms with Gasteiger partial charge in [-0.3, -0.25) is 4.79 Å². The Bertz CT molecular complexity index is 415. The predicted octanol–water partition coefficient (Wildman–Crippen LogP) is -0.892. The molecule has 0 aromatic heterocycles. The highest BCUT2D eigenvalue weighted by atomic mass is 32.2. The van der Waals surface area contributed by atoms with Gasteiger partial charge < -0.3 is 11.1 Å². The van der Waals surface area contributed by atoms with Gasteiger partial charge in [-0.05, 0) is 12.8 Å². The maximum absolute atomic E-state index is 11.7. The van der Waals surface area contributed by atoms with Crippen LogP contribution in [0.3, 0.4) is 0 Å². The molecule has 8 heteroatoms. The van der Waals surface area contributed by atoms with Crippen molar-refractivity contribution in [2.24, 2.45) is 11.1 Å². The predicted molar refractivity (Wildman–Crippen MR) is 68.9 cm³/mol. The van der Waals surface area contributed by atoms with Crippen molar-refractivity contribution in [1.82, 2.24) is 10.0 Å². The Kier molecular flexibility index (Phi) is 4.45. The molecule has 6 nitrogen and oxygen atoms in total. The summed E-state index contributed by atoms with van der Waals surface area (Å²) in [5.74, 6) is -0.406. The lowest BCUT2D eigenvalue weighted by Crippen LogP contribution is -2.42. The van der Waals surface area contributed by atoms with Crippen LogP contribution in [0.2, 0.25) is 0 Å². The lowest BCUT2D eigenvalue weighted by Gasteiger charge is -2.13. The Labute approximate surface area is 106 Å². The first kappa shape index (κ1) is 14.3. The van der Waals surface area contributed by atoms with Crippen molar-refractivity contribution in [2.45, 2.75) is 19.8 Å². The molecule has 1 aliphatic rings. The summed E-state index contributed by atoms with van der Waals surface area (Å²) in [6.07, 6.45) is 1.29. The molecule has 1 rings (SSSR count). The standard InChI is InChI=1S/C9H17N3O3S2/c1-2-12-17(14,15)6-5-11-8(13)9(3-4-9)7(10)16/h12H,2-6H2,1H3,(H2,10,16)(H,11,13). The molecule has 1 amide bonds. The largest absolute Gasteiger partial charge is 0.392 e. The molecule has 0 saturated heterocycles. The van der Waals surface area contributed by atoms with Crippen LogP contribution in [0.25, 0.3) is 0 Å². The minimum atomic E-state index is -3.30. The van der Waals surface area contributed by atoms with E-state index in [9.17, 15) is 13.2 Å². The average Bonchev–Trinajstić information content (AvgIpc) is 2.97. The third-order valence-corrected chi connectivity index (χ3v) is 4.54. The van der Waals surface area contributed by atoms with Crippen LogP contribution < -0.4 is 15.8 Å². The van der Waals surface area contributed by atoms with Gasteiger partial charge in [-0.1, -0.05) is 19.1 Å². The lowest BCUT2D eigenvalue weighted by molar-refractivity contribution is -0.123. The molecule has 98 valence electrons. The Morgan fingerprint density at radius 3 is 2.47 bits per heavy atom. The number of thiocarbonyl (C=S) groups is 1. The van der Waals surface area contributed by atoms with E-state index < -0.39 is 15.4 Å². The molecule has 0 atom stereocenters. The third-order valence-electron chi connectivity index (χ3n) is 2.68. The van der Waals surface area contributed by atoms with Crippen molar-refractivity contribution in [3.8, 4) is 0 Å². The zero-order valence-corrected chi connectivity index (χ0v) is 11.3. The highest BCUT2D eigenvalue weighted by Crippen LogP contribution is 2.46. The van der Waals surface area contributed by atoms with Crippen LogP contribution in [0.1, 0.15) is 19.8 Å². The van der Waals surface area contributed by atoms with Gasteiger partial charge in [-0.2, -0.15) is 0 Å². The van der Waals surface area contributed by atoms with Crippen molar-refractivity contribution in [3.05, 3.63) is 0 Å². The van der Waals surface area contributed by atoms with Crippen LogP contribution in [-0.4, -0.2) is 38.2 Å². The molecule has 1 aliphatic carbocycles. The molecule has 0 bridgehead atoms. The van der Waals surface area contributed by atoms with E-state index >= 15 is 0 Å². The molecule has 1 fully saturated rings. The van der Waals surface area contributed by atoms with Crippen LogP contribution in [0.15, 0.2) is 0 Å². The van der Waals surface area contributed by atoms with Crippen LogP contribution in [0.5, 0.6) is 0 Å². The SMILES string of the molecule is CCNS(=O)(=O)CCNC(=O)C1(C(N)=S)CC1. The van der Waals surface area contributed by atoms with Crippen molar-refractivity contribution in [3.63, 3.8) is 0 Å².